The molecular weight excluding hydrogens is 346 g/mol. The first-order chi connectivity index (χ1) is 13.2. The molecule has 3 heterocycles. The highest BCUT2D eigenvalue weighted by Crippen LogP contribution is 2.27. The van der Waals surface area contributed by atoms with E-state index in [0.717, 1.165) is 25.0 Å². The van der Waals surface area contributed by atoms with E-state index in [4.69, 9.17) is 9.15 Å². The summed E-state index contributed by atoms with van der Waals surface area (Å²) < 4.78 is 10.8. The zero-order valence-corrected chi connectivity index (χ0v) is 15.0. The van der Waals surface area contributed by atoms with E-state index in [1.54, 1.807) is 11.0 Å². The number of nitrogens with one attached hydrogen (secondary N) is 2. The van der Waals surface area contributed by atoms with Crippen LogP contribution in [-0.4, -0.2) is 48.6 Å². The van der Waals surface area contributed by atoms with Gasteiger partial charge in [0, 0.05) is 25.6 Å². The van der Waals surface area contributed by atoms with Crippen LogP contribution in [-0.2, 0) is 6.42 Å². The van der Waals surface area contributed by atoms with Gasteiger partial charge in [-0.15, -0.1) is 0 Å². The Morgan fingerprint density at radius 2 is 1.96 bits per heavy atom. The van der Waals surface area contributed by atoms with E-state index in [9.17, 15) is 9.59 Å². The molecule has 0 bridgehead atoms. The van der Waals surface area contributed by atoms with Gasteiger partial charge >= 0.3 is 6.03 Å². The van der Waals surface area contributed by atoms with Crippen LogP contribution < -0.4 is 15.4 Å². The molecule has 1 unspecified atom stereocenters. The Bertz CT molecular complexity index is 772. The van der Waals surface area contributed by atoms with Crippen molar-refractivity contribution in [2.24, 2.45) is 0 Å². The van der Waals surface area contributed by atoms with Gasteiger partial charge in [-0.1, -0.05) is 18.2 Å². The molecule has 3 amide bonds. The normalized spacial score (nSPS) is 19.3. The number of benzene rings is 1. The topological polar surface area (TPSA) is 83.8 Å². The van der Waals surface area contributed by atoms with E-state index in [0.29, 0.717) is 25.2 Å². The third-order valence-electron chi connectivity index (χ3n) is 5.09. The van der Waals surface area contributed by atoms with Crippen molar-refractivity contribution in [2.45, 2.75) is 31.4 Å². The fourth-order valence-electron chi connectivity index (χ4n) is 3.61. The van der Waals surface area contributed by atoms with E-state index >= 15 is 0 Å². The molecule has 2 N–H and O–H groups in total. The van der Waals surface area contributed by atoms with Gasteiger partial charge in [0.05, 0.1) is 18.4 Å². The van der Waals surface area contributed by atoms with Gasteiger partial charge < -0.3 is 24.7 Å². The quantitative estimate of drug-likeness (QED) is 0.865. The Kier molecular flexibility index (Phi) is 5.00. The number of urea groups is 1. The number of fused-ring (bicyclic) bond motifs is 1. The molecule has 4 rings (SSSR count). The van der Waals surface area contributed by atoms with E-state index in [1.165, 1.54) is 18.1 Å². The third kappa shape index (κ3) is 4.07. The van der Waals surface area contributed by atoms with Gasteiger partial charge in [-0.25, -0.2) is 4.79 Å². The van der Waals surface area contributed by atoms with Crippen molar-refractivity contribution in [1.29, 1.82) is 0 Å². The van der Waals surface area contributed by atoms with Crippen molar-refractivity contribution < 1.29 is 18.7 Å². The number of ether oxygens (including phenoxy) is 1. The van der Waals surface area contributed by atoms with Gasteiger partial charge in [0.15, 0.2) is 0 Å². The number of furan rings is 1. The lowest BCUT2D eigenvalue weighted by molar-refractivity contribution is 0.0707. The molecule has 7 heteroatoms. The molecule has 2 aliphatic rings. The zero-order valence-electron chi connectivity index (χ0n) is 15.0. The largest absolute Gasteiger partial charge is 0.488 e. The molecule has 2 aliphatic heterocycles. The molecular formula is C20H23N3O4. The minimum Gasteiger partial charge on any atom is -0.488 e. The van der Waals surface area contributed by atoms with Crippen LogP contribution in [0.3, 0.4) is 0 Å². The summed E-state index contributed by atoms with van der Waals surface area (Å²) in [5.41, 5.74) is 1.75. The SMILES string of the molecule is O=C(NCC1Cc2ccccc2O1)NC1CCN(C(=O)c2ccoc2)CC1. The first kappa shape index (κ1) is 17.5. The summed E-state index contributed by atoms with van der Waals surface area (Å²) in [4.78, 5) is 26.3. The smallest absolute Gasteiger partial charge is 0.315 e. The molecule has 1 aromatic heterocycles. The zero-order chi connectivity index (χ0) is 18.6. The van der Waals surface area contributed by atoms with Gasteiger partial charge in [0.25, 0.3) is 5.91 Å². The molecule has 7 nitrogen and oxygen atoms in total. The Labute approximate surface area is 157 Å². The monoisotopic (exact) mass is 369 g/mol. The van der Waals surface area contributed by atoms with Gasteiger partial charge in [-0.2, -0.15) is 0 Å². The van der Waals surface area contributed by atoms with Crippen LogP contribution in [0.2, 0.25) is 0 Å². The number of piperidine rings is 1. The van der Waals surface area contributed by atoms with Crippen LogP contribution in [0.15, 0.2) is 47.3 Å². The van der Waals surface area contributed by atoms with Crippen LogP contribution >= 0.6 is 0 Å². The number of hydrogen-bond donors (Lipinski definition) is 2. The number of likely N-dealkylation sites (tertiary alicyclic amines) is 1. The molecule has 1 fully saturated rings. The molecule has 0 saturated carbocycles. The number of para-hydroxylation sites is 1. The van der Waals surface area contributed by atoms with Crippen molar-refractivity contribution >= 4 is 11.9 Å². The van der Waals surface area contributed by atoms with E-state index in [1.807, 2.05) is 24.3 Å². The van der Waals surface area contributed by atoms with E-state index in [2.05, 4.69) is 10.6 Å². The number of nitrogens with zero attached hydrogens (tertiary/aromatic N) is 1. The lowest BCUT2D eigenvalue weighted by Gasteiger charge is -2.32. The minimum absolute atomic E-state index is 0.0235. The molecule has 0 spiro atoms. The standard InChI is InChI=1S/C20H23N3O4/c24-19(15-7-10-26-13-15)23-8-5-16(6-9-23)22-20(25)21-12-17-11-14-3-1-2-4-18(14)27-17/h1-4,7,10,13,16-17H,5-6,8-9,11-12H2,(H2,21,22,25). The summed E-state index contributed by atoms with van der Waals surface area (Å²) in [5.74, 6) is 0.879. The predicted octanol–water partition coefficient (Wildman–Crippen LogP) is 2.19. The molecule has 0 radical (unpaired) electrons. The number of carbonyl (C=O) groups excluding carboxylic acids is 2. The van der Waals surface area contributed by atoms with Crippen molar-refractivity contribution in [1.82, 2.24) is 15.5 Å². The maximum absolute atomic E-state index is 12.3. The summed E-state index contributed by atoms with van der Waals surface area (Å²) in [5, 5.41) is 5.89. The molecule has 0 aliphatic carbocycles. The molecule has 1 saturated heterocycles. The maximum atomic E-state index is 12.3. The number of hydrogen-bond acceptors (Lipinski definition) is 4. The first-order valence-electron chi connectivity index (χ1n) is 9.29. The average Bonchev–Trinajstić information content (AvgIpc) is 3.36. The van der Waals surface area contributed by atoms with Crippen LogP contribution in [0.25, 0.3) is 0 Å². The van der Waals surface area contributed by atoms with E-state index in [-0.39, 0.29) is 24.1 Å². The second kappa shape index (κ2) is 7.73. The van der Waals surface area contributed by atoms with Crippen LogP contribution in [0.1, 0.15) is 28.8 Å². The van der Waals surface area contributed by atoms with Crippen molar-refractivity contribution in [3.63, 3.8) is 0 Å². The van der Waals surface area contributed by atoms with Crippen LogP contribution in [0, 0.1) is 0 Å². The minimum atomic E-state index is -0.186. The highest BCUT2D eigenvalue weighted by atomic mass is 16.5. The number of carbonyl (C=O) groups is 2. The first-order valence-corrected chi connectivity index (χ1v) is 9.29. The fourth-order valence-corrected chi connectivity index (χ4v) is 3.61. The summed E-state index contributed by atoms with van der Waals surface area (Å²) in [6, 6.07) is 9.50. The Morgan fingerprint density at radius 3 is 2.70 bits per heavy atom. The summed E-state index contributed by atoms with van der Waals surface area (Å²) in [6.45, 7) is 1.71. The molecule has 2 aromatic rings. The van der Waals surface area contributed by atoms with Gasteiger partial charge in [-0.3, -0.25) is 4.79 Å². The summed E-state index contributed by atoms with van der Waals surface area (Å²) in [7, 11) is 0. The fraction of sp³-hybridized carbons (Fsp3) is 0.400. The van der Waals surface area contributed by atoms with Crippen LogP contribution in [0.5, 0.6) is 5.75 Å². The second-order valence-electron chi connectivity index (χ2n) is 6.98. The summed E-state index contributed by atoms with van der Waals surface area (Å²) in [6.07, 6.45) is 5.22. The molecule has 142 valence electrons. The van der Waals surface area contributed by atoms with E-state index < -0.39 is 0 Å². The Hall–Kier alpha value is -2.96. The average molecular weight is 369 g/mol. The lowest BCUT2D eigenvalue weighted by atomic mass is 10.0. The maximum Gasteiger partial charge on any atom is 0.315 e. The summed E-state index contributed by atoms with van der Waals surface area (Å²) >= 11 is 0. The van der Waals surface area contributed by atoms with Crippen molar-refractivity contribution in [2.75, 3.05) is 19.6 Å². The van der Waals surface area contributed by atoms with Gasteiger partial charge in [0.2, 0.25) is 0 Å². The number of rotatable bonds is 4. The molecule has 1 atom stereocenters. The predicted molar refractivity (Wildman–Crippen MR) is 98.7 cm³/mol. The highest BCUT2D eigenvalue weighted by Gasteiger charge is 2.26. The van der Waals surface area contributed by atoms with Crippen molar-refractivity contribution in [3.05, 3.63) is 54.0 Å². The lowest BCUT2D eigenvalue weighted by Crippen LogP contribution is -2.50. The van der Waals surface area contributed by atoms with Gasteiger partial charge in [0.1, 0.15) is 18.1 Å². The Balaban J connectivity index is 1.17. The van der Waals surface area contributed by atoms with Crippen molar-refractivity contribution in [3.8, 4) is 5.75 Å². The Morgan fingerprint density at radius 1 is 1.15 bits per heavy atom. The van der Waals surface area contributed by atoms with Crippen LogP contribution in [0.4, 0.5) is 4.79 Å². The molecule has 27 heavy (non-hydrogen) atoms. The third-order valence-corrected chi connectivity index (χ3v) is 5.09. The second-order valence-corrected chi connectivity index (χ2v) is 6.98. The molecule has 1 aromatic carbocycles. The number of amides is 3. The van der Waals surface area contributed by atoms with Gasteiger partial charge in [-0.05, 0) is 30.5 Å². The highest BCUT2D eigenvalue weighted by molar-refractivity contribution is 5.93.